The van der Waals surface area contributed by atoms with Crippen molar-refractivity contribution < 1.29 is 27.4 Å². The molecule has 1 aliphatic rings. The van der Waals surface area contributed by atoms with Crippen LogP contribution in [0.3, 0.4) is 0 Å². The van der Waals surface area contributed by atoms with E-state index in [0.717, 1.165) is 25.5 Å². The van der Waals surface area contributed by atoms with Crippen molar-refractivity contribution in [2.75, 3.05) is 20.3 Å². The largest absolute Gasteiger partial charge is 0.481 e. The number of aromatic nitrogens is 1. The van der Waals surface area contributed by atoms with Gasteiger partial charge in [0.25, 0.3) is 12.3 Å². The van der Waals surface area contributed by atoms with Gasteiger partial charge in [0.2, 0.25) is 11.8 Å². The van der Waals surface area contributed by atoms with Gasteiger partial charge >= 0.3 is 0 Å². The zero-order valence-electron chi connectivity index (χ0n) is 12.6. The van der Waals surface area contributed by atoms with E-state index in [1.54, 1.807) is 0 Å². The molecule has 128 valence electrons. The van der Waals surface area contributed by atoms with Gasteiger partial charge < -0.3 is 20.1 Å². The third-order valence-electron chi connectivity index (χ3n) is 3.35. The normalized spacial score (nSPS) is 17.3. The zero-order valence-corrected chi connectivity index (χ0v) is 12.6. The molecule has 23 heavy (non-hydrogen) atoms. The van der Waals surface area contributed by atoms with Gasteiger partial charge in [-0.25, -0.2) is 13.2 Å². The van der Waals surface area contributed by atoms with E-state index in [1.165, 1.54) is 7.11 Å². The summed E-state index contributed by atoms with van der Waals surface area (Å²) in [4.78, 5) is 15.6. The summed E-state index contributed by atoms with van der Waals surface area (Å²) < 4.78 is 47.6. The number of hydrogen-bond donors (Lipinski definition) is 2. The first-order valence-corrected chi connectivity index (χ1v) is 7.16. The number of methoxy groups -OCH3 is 1. The number of nitrogens with one attached hydrogen (secondary N) is 2. The number of alkyl halides is 2. The molecule has 0 aromatic carbocycles. The van der Waals surface area contributed by atoms with Gasteiger partial charge in [0.15, 0.2) is 12.4 Å². The fraction of sp³-hybridized carbons (Fsp3) is 0.571. The summed E-state index contributed by atoms with van der Waals surface area (Å²) >= 11 is 0. The summed E-state index contributed by atoms with van der Waals surface area (Å²) in [7, 11) is 1.31. The first kappa shape index (κ1) is 17.3. The van der Waals surface area contributed by atoms with Crippen molar-refractivity contribution in [2.24, 2.45) is 0 Å². The molecule has 1 atom stereocenters. The Balaban J connectivity index is 2.02. The molecule has 9 heteroatoms. The predicted molar refractivity (Wildman–Crippen MR) is 75.1 cm³/mol. The lowest BCUT2D eigenvalue weighted by Crippen LogP contribution is -2.40. The molecule has 1 amide bonds. The minimum Gasteiger partial charge on any atom is -0.481 e. The topological polar surface area (TPSA) is 72.5 Å². The van der Waals surface area contributed by atoms with Gasteiger partial charge in [-0.1, -0.05) is 0 Å². The molecule has 0 saturated carbocycles. The molecule has 0 radical (unpaired) electrons. The summed E-state index contributed by atoms with van der Waals surface area (Å²) in [5.41, 5.74) is 0.292. The summed E-state index contributed by atoms with van der Waals surface area (Å²) in [6.45, 7) is -0.163. The van der Waals surface area contributed by atoms with Crippen molar-refractivity contribution in [1.29, 1.82) is 0 Å². The van der Waals surface area contributed by atoms with Gasteiger partial charge in [0, 0.05) is 12.1 Å². The minimum absolute atomic E-state index is 0.00958. The van der Waals surface area contributed by atoms with Crippen LogP contribution in [0.2, 0.25) is 0 Å². The lowest BCUT2D eigenvalue weighted by atomic mass is 10.2. The van der Waals surface area contributed by atoms with Crippen LogP contribution in [0.15, 0.2) is 6.07 Å². The molecular weight excluding hydrogens is 315 g/mol. The number of carbonyl (C=O) groups excluding carboxylic acids is 1. The van der Waals surface area contributed by atoms with Crippen LogP contribution in [0, 0.1) is 5.82 Å². The van der Waals surface area contributed by atoms with Gasteiger partial charge in [0.05, 0.1) is 13.2 Å². The van der Waals surface area contributed by atoms with Gasteiger partial charge in [-0.3, -0.25) is 4.79 Å². The highest BCUT2D eigenvalue weighted by Gasteiger charge is 2.22. The number of pyridine rings is 1. The van der Waals surface area contributed by atoms with Crippen LogP contribution < -0.4 is 20.1 Å². The minimum atomic E-state index is -2.74. The molecule has 1 fully saturated rings. The van der Waals surface area contributed by atoms with Crippen molar-refractivity contribution in [2.45, 2.75) is 31.9 Å². The Bertz CT molecular complexity index is 552. The quantitative estimate of drug-likeness (QED) is 0.786. The van der Waals surface area contributed by atoms with E-state index in [-0.39, 0.29) is 24.4 Å². The van der Waals surface area contributed by atoms with Crippen LogP contribution in [-0.2, 0) is 11.3 Å². The Kier molecular flexibility index (Phi) is 6.03. The molecule has 0 spiro atoms. The van der Waals surface area contributed by atoms with Crippen molar-refractivity contribution >= 4 is 5.91 Å². The fourth-order valence-corrected chi connectivity index (χ4v) is 2.25. The van der Waals surface area contributed by atoms with Crippen molar-refractivity contribution in [3.05, 3.63) is 17.4 Å². The average molecular weight is 333 g/mol. The molecule has 1 aromatic heterocycles. The second-order valence-corrected chi connectivity index (χ2v) is 5.01. The van der Waals surface area contributed by atoms with Gasteiger partial charge in [-0.15, -0.1) is 0 Å². The number of carbonyl (C=O) groups is 1. The summed E-state index contributed by atoms with van der Waals surface area (Å²) in [6.07, 6.45) is -1.07. The highest BCUT2D eigenvalue weighted by Crippen LogP contribution is 2.24. The maximum absolute atomic E-state index is 13.8. The Morgan fingerprint density at radius 1 is 1.52 bits per heavy atom. The highest BCUT2D eigenvalue weighted by atomic mass is 19.3. The molecule has 0 bridgehead atoms. The smallest absolute Gasteiger partial charge is 0.272 e. The van der Waals surface area contributed by atoms with E-state index in [9.17, 15) is 18.0 Å². The Morgan fingerprint density at radius 2 is 2.30 bits per heavy atom. The van der Waals surface area contributed by atoms with E-state index in [4.69, 9.17) is 4.74 Å². The second kappa shape index (κ2) is 8.00. The third kappa shape index (κ3) is 4.72. The molecule has 2 rings (SSSR count). The van der Waals surface area contributed by atoms with Crippen molar-refractivity contribution in [3.8, 4) is 11.8 Å². The maximum Gasteiger partial charge on any atom is 0.272 e. The third-order valence-corrected chi connectivity index (χ3v) is 3.35. The van der Waals surface area contributed by atoms with E-state index in [2.05, 4.69) is 20.4 Å². The zero-order chi connectivity index (χ0) is 16.8. The van der Waals surface area contributed by atoms with Crippen LogP contribution in [0.5, 0.6) is 11.8 Å². The number of nitrogens with zero attached hydrogens (tertiary/aromatic N) is 1. The lowest BCUT2D eigenvalue weighted by Gasteiger charge is -2.14. The summed E-state index contributed by atoms with van der Waals surface area (Å²) in [6, 6.07) is 0.794. The number of hydrogen-bond acceptors (Lipinski definition) is 5. The van der Waals surface area contributed by atoms with Crippen LogP contribution in [0.25, 0.3) is 0 Å². The average Bonchev–Trinajstić information content (AvgIpc) is 3.05. The molecule has 2 heterocycles. The standard InChI is InChI=1S/C14H18F3N3O3/c1-22-13-8(6-19-12(21)10-3-2-4-18-10)5-9(15)14(20-13)23-7-11(16)17/h5,10-11,18H,2-4,6-7H2,1H3,(H,19,21)/t10-/m0/s1. The van der Waals surface area contributed by atoms with E-state index in [1.807, 2.05) is 0 Å². The van der Waals surface area contributed by atoms with Crippen LogP contribution >= 0.6 is 0 Å². The number of amides is 1. The first-order valence-electron chi connectivity index (χ1n) is 7.16. The molecule has 0 unspecified atom stereocenters. The van der Waals surface area contributed by atoms with Crippen LogP contribution in [0.1, 0.15) is 18.4 Å². The summed E-state index contributed by atoms with van der Waals surface area (Å²) in [5, 5.41) is 5.71. The van der Waals surface area contributed by atoms with Gasteiger partial charge in [0.1, 0.15) is 0 Å². The maximum atomic E-state index is 13.8. The molecule has 1 saturated heterocycles. The first-order chi connectivity index (χ1) is 11.0. The molecule has 0 aliphatic carbocycles. The second-order valence-electron chi connectivity index (χ2n) is 5.01. The Hall–Kier alpha value is -2.03. The molecule has 2 N–H and O–H groups in total. The predicted octanol–water partition coefficient (Wildman–Crippen LogP) is 1.24. The highest BCUT2D eigenvalue weighted by molar-refractivity contribution is 5.82. The van der Waals surface area contributed by atoms with Gasteiger partial charge in [-0.05, 0) is 25.5 Å². The van der Waals surface area contributed by atoms with E-state index < -0.39 is 24.7 Å². The molecule has 1 aromatic rings. The number of rotatable bonds is 7. The number of halogens is 3. The Labute approximate surface area is 131 Å². The molecule has 6 nitrogen and oxygen atoms in total. The van der Waals surface area contributed by atoms with Gasteiger partial charge in [-0.2, -0.15) is 4.98 Å². The fourth-order valence-electron chi connectivity index (χ4n) is 2.25. The monoisotopic (exact) mass is 333 g/mol. The molecular formula is C14H18F3N3O3. The van der Waals surface area contributed by atoms with Crippen LogP contribution in [-0.4, -0.2) is 43.6 Å². The van der Waals surface area contributed by atoms with Crippen LogP contribution in [0.4, 0.5) is 13.2 Å². The van der Waals surface area contributed by atoms with Crippen molar-refractivity contribution in [1.82, 2.24) is 15.6 Å². The molecule has 1 aliphatic heterocycles. The van der Waals surface area contributed by atoms with E-state index in [0.29, 0.717) is 5.56 Å². The summed E-state index contributed by atoms with van der Waals surface area (Å²) in [5.74, 6) is -1.64. The van der Waals surface area contributed by atoms with E-state index >= 15 is 0 Å². The van der Waals surface area contributed by atoms with Crippen molar-refractivity contribution in [3.63, 3.8) is 0 Å². The number of ether oxygens (including phenoxy) is 2. The SMILES string of the molecule is COc1nc(OCC(F)F)c(F)cc1CNC(=O)[C@@H]1CCCN1. The lowest BCUT2D eigenvalue weighted by molar-refractivity contribution is -0.122. The Morgan fingerprint density at radius 3 is 2.91 bits per heavy atom.